The van der Waals surface area contributed by atoms with Crippen molar-refractivity contribution in [3.05, 3.63) is 28.6 Å². The molecule has 2 rings (SSSR count). The minimum atomic E-state index is -4.09. The molecule has 0 saturated carbocycles. The van der Waals surface area contributed by atoms with Crippen LogP contribution in [0.15, 0.2) is 28.0 Å². The zero-order chi connectivity index (χ0) is 15.1. The number of nitrogens with zero attached hydrogens (tertiary/aromatic N) is 1. The molecule has 0 atom stereocenters. The Labute approximate surface area is 115 Å². The van der Waals surface area contributed by atoms with Gasteiger partial charge in [0.15, 0.2) is 11.5 Å². The van der Waals surface area contributed by atoms with Gasteiger partial charge in [0.1, 0.15) is 4.90 Å². The highest BCUT2D eigenvalue weighted by atomic mass is 32.2. The second-order valence-corrected chi connectivity index (χ2v) is 5.73. The van der Waals surface area contributed by atoms with Crippen molar-refractivity contribution in [1.82, 2.24) is 4.57 Å². The number of aromatic nitrogens is 1. The van der Waals surface area contributed by atoms with E-state index in [1.165, 1.54) is 31.0 Å². The topological polar surface area (TPSA) is 101 Å². The molecule has 1 heterocycles. The fourth-order valence-electron chi connectivity index (χ4n) is 1.98. The van der Waals surface area contributed by atoms with E-state index in [0.717, 1.165) is 0 Å². The number of benzene rings is 1. The third kappa shape index (κ3) is 2.23. The van der Waals surface area contributed by atoms with E-state index in [2.05, 4.69) is 0 Å². The van der Waals surface area contributed by atoms with Gasteiger partial charge in [-0.05, 0) is 6.07 Å². The van der Waals surface area contributed by atoms with Crippen molar-refractivity contribution < 1.29 is 17.9 Å². The summed E-state index contributed by atoms with van der Waals surface area (Å²) in [6.45, 7) is 0. The molecule has 0 aliphatic carbocycles. The van der Waals surface area contributed by atoms with E-state index in [1.54, 1.807) is 13.1 Å². The number of nitrogens with two attached hydrogens (primary N) is 1. The zero-order valence-corrected chi connectivity index (χ0v) is 12.0. The lowest BCUT2D eigenvalue weighted by molar-refractivity contribution is 0.355. The number of rotatable bonds is 3. The molecule has 1 aromatic heterocycles. The van der Waals surface area contributed by atoms with E-state index < -0.39 is 20.3 Å². The first-order valence-corrected chi connectivity index (χ1v) is 7.12. The number of primary sulfonamides is 1. The van der Waals surface area contributed by atoms with Crippen LogP contribution in [0.3, 0.4) is 0 Å². The quantitative estimate of drug-likeness (QED) is 0.872. The standard InChI is InChI=1S/C12H14N2O5S/c1-14-6-11(20(13,16)17)12(15)7-4-9(18-2)10(19-3)5-8(7)14/h4-6H,1-3H3,(H2,13,16,17). The summed E-state index contributed by atoms with van der Waals surface area (Å²) >= 11 is 0. The Morgan fingerprint density at radius 2 is 1.70 bits per heavy atom. The second kappa shape index (κ2) is 4.80. The normalized spacial score (nSPS) is 11.6. The van der Waals surface area contributed by atoms with Gasteiger partial charge < -0.3 is 14.0 Å². The van der Waals surface area contributed by atoms with Crippen molar-refractivity contribution in [3.8, 4) is 11.5 Å². The molecule has 0 aliphatic rings. The maximum Gasteiger partial charge on any atom is 0.243 e. The van der Waals surface area contributed by atoms with E-state index in [0.29, 0.717) is 17.0 Å². The van der Waals surface area contributed by atoms with Gasteiger partial charge in [0.05, 0.1) is 25.1 Å². The number of fused-ring (bicyclic) bond motifs is 1. The van der Waals surface area contributed by atoms with Gasteiger partial charge in [-0.1, -0.05) is 0 Å². The monoisotopic (exact) mass is 298 g/mol. The predicted octanol–water partition coefficient (Wildman–Crippen LogP) is 0.203. The summed E-state index contributed by atoms with van der Waals surface area (Å²) < 4.78 is 34.6. The summed E-state index contributed by atoms with van der Waals surface area (Å²) in [6, 6.07) is 3.04. The lowest BCUT2D eigenvalue weighted by Crippen LogP contribution is -2.23. The molecule has 7 nitrogen and oxygen atoms in total. The van der Waals surface area contributed by atoms with Crippen LogP contribution >= 0.6 is 0 Å². The molecule has 0 spiro atoms. The molecular weight excluding hydrogens is 284 g/mol. The number of ether oxygens (including phenoxy) is 2. The van der Waals surface area contributed by atoms with E-state index in [-0.39, 0.29) is 5.39 Å². The highest BCUT2D eigenvalue weighted by Gasteiger charge is 2.18. The first-order valence-electron chi connectivity index (χ1n) is 5.57. The Bertz CT molecular complexity index is 839. The van der Waals surface area contributed by atoms with E-state index in [9.17, 15) is 13.2 Å². The highest BCUT2D eigenvalue weighted by molar-refractivity contribution is 7.89. The molecule has 0 saturated heterocycles. The van der Waals surface area contributed by atoms with Crippen molar-refractivity contribution in [2.45, 2.75) is 4.90 Å². The number of aryl methyl sites for hydroxylation is 1. The Kier molecular flexibility index (Phi) is 3.45. The van der Waals surface area contributed by atoms with Gasteiger partial charge in [-0.15, -0.1) is 0 Å². The largest absolute Gasteiger partial charge is 0.493 e. The van der Waals surface area contributed by atoms with Crippen LogP contribution in [0.1, 0.15) is 0 Å². The van der Waals surface area contributed by atoms with E-state index >= 15 is 0 Å². The van der Waals surface area contributed by atoms with E-state index in [1.807, 2.05) is 0 Å². The van der Waals surface area contributed by atoms with Crippen molar-refractivity contribution in [2.75, 3.05) is 14.2 Å². The van der Waals surface area contributed by atoms with Crippen molar-refractivity contribution in [2.24, 2.45) is 12.2 Å². The van der Waals surface area contributed by atoms with E-state index in [4.69, 9.17) is 14.6 Å². The van der Waals surface area contributed by atoms with Crippen LogP contribution in [-0.4, -0.2) is 27.2 Å². The molecule has 20 heavy (non-hydrogen) atoms. The summed E-state index contributed by atoms with van der Waals surface area (Å²) in [5, 5.41) is 5.24. The first kappa shape index (κ1) is 14.4. The van der Waals surface area contributed by atoms with Crippen LogP contribution in [0.25, 0.3) is 10.9 Å². The highest BCUT2D eigenvalue weighted by Crippen LogP contribution is 2.31. The van der Waals surface area contributed by atoms with Crippen LogP contribution in [0.5, 0.6) is 11.5 Å². The predicted molar refractivity (Wildman–Crippen MR) is 73.7 cm³/mol. The van der Waals surface area contributed by atoms with Gasteiger partial charge in [0, 0.05) is 19.3 Å². The van der Waals surface area contributed by atoms with Crippen LogP contribution in [0.4, 0.5) is 0 Å². The molecule has 2 N–H and O–H groups in total. The molecule has 2 aromatic rings. The Morgan fingerprint density at radius 1 is 1.15 bits per heavy atom. The summed E-state index contributed by atoms with van der Waals surface area (Å²) in [7, 11) is 0.426. The fraction of sp³-hybridized carbons (Fsp3) is 0.250. The number of hydrogen-bond acceptors (Lipinski definition) is 5. The van der Waals surface area contributed by atoms with Crippen LogP contribution in [-0.2, 0) is 17.1 Å². The van der Waals surface area contributed by atoms with Gasteiger partial charge in [0.2, 0.25) is 15.5 Å². The zero-order valence-electron chi connectivity index (χ0n) is 11.2. The summed E-state index contributed by atoms with van der Waals surface area (Å²) in [4.78, 5) is 11.8. The maximum absolute atomic E-state index is 12.2. The summed E-state index contributed by atoms with van der Waals surface area (Å²) in [5.41, 5.74) is -0.151. The molecule has 8 heteroatoms. The Morgan fingerprint density at radius 3 is 2.20 bits per heavy atom. The molecule has 0 amide bonds. The molecule has 1 aromatic carbocycles. The second-order valence-electron chi connectivity index (χ2n) is 4.20. The molecule has 108 valence electrons. The van der Waals surface area contributed by atoms with Crippen molar-refractivity contribution in [3.63, 3.8) is 0 Å². The molecule has 0 bridgehead atoms. The lowest BCUT2D eigenvalue weighted by Gasteiger charge is -2.12. The van der Waals surface area contributed by atoms with Crippen molar-refractivity contribution in [1.29, 1.82) is 0 Å². The average Bonchev–Trinajstić information content (AvgIpc) is 2.40. The maximum atomic E-state index is 12.2. The summed E-state index contributed by atoms with van der Waals surface area (Å²) in [6.07, 6.45) is 1.19. The molecule has 0 radical (unpaired) electrons. The van der Waals surface area contributed by atoms with Gasteiger partial charge >= 0.3 is 0 Å². The third-order valence-electron chi connectivity index (χ3n) is 2.97. The number of hydrogen-bond donors (Lipinski definition) is 1. The van der Waals surface area contributed by atoms with Gasteiger partial charge in [-0.2, -0.15) is 0 Å². The first-order chi connectivity index (χ1) is 9.29. The Hall–Kier alpha value is -2.06. The smallest absolute Gasteiger partial charge is 0.243 e. The SMILES string of the molecule is COc1cc2c(=O)c(S(N)(=O)=O)cn(C)c2cc1OC. The Balaban J connectivity index is 2.98. The summed E-state index contributed by atoms with van der Waals surface area (Å²) in [5.74, 6) is 0.780. The van der Waals surface area contributed by atoms with Crippen LogP contribution < -0.4 is 20.0 Å². The van der Waals surface area contributed by atoms with Crippen LogP contribution in [0, 0.1) is 0 Å². The number of sulfonamides is 1. The molecule has 0 aliphatic heterocycles. The molecule has 0 unspecified atom stereocenters. The molecular formula is C12H14N2O5S. The van der Waals surface area contributed by atoms with Gasteiger partial charge in [0.25, 0.3) is 0 Å². The van der Waals surface area contributed by atoms with Crippen LogP contribution in [0.2, 0.25) is 0 Å². The van der Waals surface area contributed by atoms with Gasteiger partial charge in [-0.3, -0.25) is 4.79 Å². The number of methoxy groups -OCH3 is 2. The minimum Gasteiger partial charge on any atom is -0.493 e. The average molecular weight is 298 g/mol. The molecule has 0 fully saturated rings. The van der Waals surface area contributed by atoms with Crippen molar-refractivity contribution >= 4 is 20.9 Å². The third-order valence-corrected chi connectivity index (χ3v) is 3.87. The number of pyridine rings is 1. The minimum absolute atomic E-state index is 0.191. The lowest BCUT2D eigenvalue weighted by atomic mass is 10.2. The fourth-order valence-corrected chi connectivity index (χ4v) is 2.65. The van der Waals surface area contributed by atoms with Gasteiger partial charge in [-0.25, -0.2) is 13.6 Å².